The van der Waals surface area contributed by atoms with Crippen molar-refractivity contribution in [3.05, 3.63) is 82.0 Å². The van der Waals surface area contributed by atoms with Gasteiger partial charge in [0.1, 0.15) is 11.6 Å². The number of hydrogen-bond donors (Lipinski definition) is 3. The summed E-state index contributed by atoms with van der Waals surface area (Å²) in [5, 5.41) is 9.14. The van der Waals surface area contributed by atoms with Crippen LogP contribution in [0.1, 0.15) is 11.3 Å². The lowest BCUT2D eigenvalue weighted by molar-refractivity contribution is 0.414. The molecule has 2 aromatic heterocycles. The van der Waals surface area contributed by atoms with Gasteiger partial charge in [-0.15, -0.1) is 0 Å². The quantitative estimate of drug-likeness (QED) is 0.446. The second kappa shape index (κ2) is 8.01. The van der Waals surface area contributed by atoms with Crippen LogP contribution in [0.25, 0.3) is 5.78 Å². The van der Waals surface area contributed by atoms with Crippen molar-refractivity contribution in [2.24, 2.45) is 0 Å². The smallest absolute Gasteiger partial charge is 0.274 e. The van der Waals surface area contributed by atoms with Crippen molar-refractivity contribution in [3.8, 4) is 5.75 Å². The zero-order chi connectivity index (χ0) is 20.2. The maximum Gasteiger partial charge on any atom is 0.274 e. The van der Waals surface area contributed by atoms with Crippen molar-refractivity contribution < 1.29 is 9.13 Å². The lowest BCUT2D eigenvalue weighted by Crippen LogP contribution is -2.17. The van der Waals surface area contributed by atoms with Gasteiger partial charge in [-0.2, -0.15) is 9.50 Å². The fourth-order valence-electron chi connectivity index (χ4n) is 2.79. The Morgan fingerprint density at radius 3 is 2.52 bits per heavy atom. The number of H-pyrrole nitrogens is 1. The van der Waals surface area contributed by atoms with Crippen LogP contribution >= 0.6 is 0 Å². The fraction of sp³-hybridized carbons (Fsp3) is 0.150. The maximum atomic E-state index is 13.0. The number of aromatic nitrogens is 4. The van der Waals surface area contributed by atoms with Gasteiger partial charge in [0, 0.05) is 18.3 Å². The van der Waals surface area contributed by atoms with Gasteiger partial charge in [0.05, 0.1) is 19.3 Å². The summed E-state index contributed by atoms with van der Waals surface area (Å²) in [6.45, 7) is 0.844. The summed E-state index contributed by atoms with van der Waals surface area (Å²) in [5.41, 5.74) is 2.04. The largest absolute Gasteiger partial charge is 0.497 e. The molecule has 29 heavy (non-hydrogen) atoms. The SMILES string of the molecule is COc1ccc(CNc2nc3nc(CNc4ccc(F)cc4)cc(=O)n3[nH]2)cc1. The van der Waals surface area contributed by atoms with E-state index >= 15 is 0 Å². The second-order valence-electron chi connectivity index (χ2n) is 6.36. The van der Waals surface area contributed by atoms with Crippen LogP contribution in [-0.2, 0) is 13.1 Å². The van der Waals surface area contributed by atoms with E-state index in [0.29, 0.717) is 24.7 Å². The molecule has 2 heterocycles. The van der Waals surface area contributed by atoms with Crippen LogP contribution in [0.15, 0.2) is 59.4 Å². The first-order valence-corrected chi connectivity index (χ1v) is 8.96. The van der Waals surface area contributed by atoms with Crippen molar-refractivity contribution >= 4 is 17.4 Å². The summed E-state index contributed by atoms with van der Waals surface area (Å²) >= 11 is 0. The van der Waals surface area contributed by atoms with Gasteiger partial charge in [-0.1, -0.05) is 12.1 Å². The van der Waals surface area contributed by atoms with E-state index in [2.05, 4.69) is 25.7 Å². The molecule has 8 nitrogen and oxygen atoms in total. The van der Waals surface area contributed by atoms with E-state index in [1.807, 2.05) is 24.3 Å². The van der Waals surface area contributed by atoms with Crippen LogP contribution in [0, 0.1) is 5.82 Å². The molecule has 0 aliphatic carbocycles. The van der Waals surface area contributed by atoms with E-state index in [1.54, 1.807) is 19.2 Å². The molecule has 4 rings (SSSR count). The summed E-state index contributed by atoms with van der Waals surface area (Å²) < 4.78 is 19.4. The molecule has 0 saturated heterocycles. The highest BCUT2D eigenvalue weighted by molar-refractivity contribution is 5.44. The molecule has 9 heteroatoms. The Morgan fingerprint density at radius 1 is 1.03 bits per heavy atom. The van der Waals surface area contributed by atoms with Crippen LogP contribution in [0.4, 0.5) is 16.0 Å². The molecular weight excluding hydrogens is 375 g/mol. The fourth-order valence-corrected chi connectivity index (χ4v) is 2.79. The molecule has 0 aliphatic heterocycles. The first kappa shape index (κ1) is 18.5. The highest BCUT2D eigenvalue weighted by Crippen LogP contribution is 2.13. The predicted molar refractivity (Wildman–Crippen MR) is 108 cm³/mol. The zero-order valence-corrected chi connectivity index (χ0v) is 15.6. The number of anilines is 2. The number of hydrogen-bond acceptors (Lipinski definition) is 6. The number of nitrogens with zero attached hydrogens (tertiary/aromatic N) is 3. The average molecular weight is 394 g/mol. The molecule has 0 atom stereocenters. The van der Waals surface area contributed by atoms with Crippen molar-refractivity contribution in [2.45, 2.75) is 13.1 Å². The van der Waals surface area contributed by atoms with Gasteiger partial charge >= 0.3 is 0 Å². The van der Waals surface area contributed by atoms with Crippen LogP contribution in [0.3, 0.4) is 0 Å². The number of rotatable bonds is 7. The van der Waals surface area contributed by atoms with E-state index in [9.17, 15) is 9.18 Å². The second-order valence-corrected chi connectivity index (χ2v) is 6.36. The first-order valence-electron chi connectivity index (χ1n) is 8.96. The van der Waals surface area contributed by atoms with Crippen molar-refractivity contribution in [1.29, 1.82) is 0 Å². The summed E-state index contributed by atoms with van der Waals surface area (Å²) in [5.74, 6) is 1.19. The Bertz CT molecular complexity index is 1170. The molecule has 148 valence electrons. The molecule has 0 radical (unpaired) electrons. The van der Waals surface area contributed by atoms with Gasteiger partial charge in [-0.3, -0.25) is 9.89 Å². The lowest BCUT2D eigenvalue weighted by atomic mass is 10.2. The van der Waals surface area contributed by atoms with Crippen molar-refractivity contribution in [2.75, 3.05) is 17.7 Å². The molecule has 0 unspecified atom stereocenters. The highest BCUT2D eigenvalue weighted by atomic mass is 19.1. The zero-order valence-electron chi connectivity index (χ0n) is 15.6. The Hall–Kier alpha value is -3.88. The molecule has 0 amide bonds. The van der Waals surface area contributed by atoms with Gasteiger partial charge in [0.25, 0.3) is 11.3 Å². The number of halogens is 1. The number of ether oxygens (including phenoxy) is 1. The normalized spacial score (nSPS) is 10.8. The minimum Gasteiger partial charge on any atom is -0.497 e. The van der Waals surface area contributed by atoms with Crippen LogP contribution in [-0.4, -0.2) is 26.7 Å². The highest BCUT2D eigenvalue weighted by Gasteiger charge is 2.08. The van der Waals surface area contributed by atoms with E-state index in [4.69, 9.17) is 4.74 Å². The van der Waals surface area contributed by atoms with Crippen molar-refractivity contribution in [3.63, 3.8) is 0 Å². The number of nitrogens with one attached hydrogen (secondary N) is 3. The summed E-state index contributed by atoms with van der Waals surface area (Å²) in [4.78, 5) is 21.1. The van der Waals surface area contributed by atoms with Crippen molar-refractivity contribution in [1.82, 2.24) is 19.6 Å². The van der Waals surface area contributed by atoms with Gasteiger partial charge in [0.2, 0.25) is 5.95 Å². The maximum absolute atomic E-state index is 13.0. The minimum atomic E-state index is -0.306. The summed E-state index contributed by atoms with van der Waals surface area (Å²) in [7, 11) is 1.62. The van der Waals surface area contributed by atoms with Gasteiger partial charge in [0.15, 0.2) is 0 Å². The molecule has 2 aromatic carbocycles. The third-order valence-electron chi connectivity index (χ3n) is 4.32. The van der Waals surface area contributed by atoms with E-state index in [-0.39, 0.29) is 17.2 Å². The minimum absolute atomic E-state index is 0.268. The molecule has 0 saturated carbocycles. The van der Waals surface area contributed by atoms with Gasteiger partial charge < -0.3 is 15.4 Å². The summed E-state index contributed by atoms with van der Waals surface area (Å²) in [6.07, 6.45) is 0. The predicted octanol–water partition coefficient (Wildman–Crippen LogP) is 2.79. The number of aromatic amines is 1. The van der Waals surface area contributed by atoms with E-state index < -0.39 is 0 Å². The standard InChI is InChI=1S/C20H19FN6O2/c1-29-17-8-2-13(3-9-17)11-23-19-25-20-24-16(10-18(28)27(20)26-19)12-22-15-6-4-14(21)5-7-15/h2-10,22H,11-12H2,1H3,(H2,23,24,25,26). The molecule has 0 bridgehead atoms. The van der Waals surface area contributed by atoms with Gasteiger partial charge in [-0.25, -0.2) is 9.37 Å². The van der Waals surface area contributed by atoms with E-state index in [0.717, 1.165) is 17.0 Å². The van der Waals surface area contributed by atoms with Crippen LogP contribution in [0.5, 0.6) is 5.75 Å². The third-order valence-corrected chi connectivity index (χ3v) is 4.32. The van der Waals surface area contributed by atoms with E-state index in [1.165, 1.54) is 22.7 Å². The molecule has 0 spiro atoms. The molecule has 4 aromatic rings. The monoisotopic (exact) mass is 394 g/mol. The Morgan fingerprint density at radius 2 is 1.79 bits per heavy atom. The van der Waals surface area contributed by atoms with Gasteiger partial charge in [-0.05, 0) is 42.0 Å². The molecule has 0 fully saturated rings. The average Bonchev–Trinajstić information content (AvgIpc) is 3.16. The van der Waals surface area contributed by atoms with Crippen LogP contribution < -0.4 is 20.9 Å². The Labute approximate surface area is 165 Å². The third kappa shape index (κ3) is 4.34. The lowest BCUT2D eigenvalue weighted by Gasteiger charge is -2.05. The molecular formula is C20H19FN6O2. The molecule has 0 aliphatic rings. The summed E-state index contributed by atoms with van der Waals surface area (Å²) in [6, 6.07) is 15.0. The first-order chi connectivity index (χ1) is 14.1. The number of benzene rings is 2. The Kier molecular flexibility index (Phi) is 5.10. The molecule has 3 N–H and O–H groups in total. The number of fused-ring (bicyclic) bond motifs is 1. The van der Waals surface area contributed by atoms with Crippen LogP contribution in [0.2, 0.25) is 0 Å². The topological polar surface area (TPSA) is 96.3 Å². The Balaban J connectivity index is 1.46. The number of methoxy groups -OCH3 is 1.